The average Bonchev–Trinajstić information content (AvgIpc) is 2.17. The molecule has 4 nitrogen and oxygen atoms in total. The molecule has 4 heteroatoms. The van der Waals surface area contributed by atoms with Crippen LogP contribution in [0, 0.1) is 0 Å². The minimum atomic E-state index is -0.0202. The van der Waals surface area contributed by atoms with Crippen LogP contribution in [-0.2, 0) is 4.79 Å². The third-order valence-corrected chi connectivity index (χ3v) is 1.47. The van der Waals surface area contributed by atoms with Gasteiger partial charge in [0.05, 0.1) is 0 Å². The first kappa shape index (κ1) is 9.51. The van der Waals surface area contributed by atoms with Crippen LogP contribution in [0.1, 0.15) is 19.8 Å². The quantitative estimate of drug-likeness (QED) is 0.685. The molecule has 70 valence electrons. The zero-order valence-electron chi connectivity index (χ0n) is 7.58. The number of amides is 1. The molecule has 0 saturated carbocycles. The van der Waals surface area contributed by atoms with Gasteiger partial charge in [0.1, 0.15) is 5.82 Å². The van der Waals surface area contributed by atoms with Crippen molar-refractivity contribution in [1.82, 2.24) is 10.4 Å². The molecule has 1 heterocycles. The number of carbonyl (C=O) groups is 1. The highest BCUT2D eigenvalue weighted by Crippen LogP contribution is 1.97. The Labute approximate surface area is 77.3 Å². The Morgan fingerprint density at radius 2 is 2.38 bits per heavy atom. The molecule has 0 radical (unpaired) electrons. The van der Waals surface area contributed by atoms with E-state index in [0.717, 1.165) is 6.42 Å². The summed E-state index contributed by atoms with van der Waals surface area (Å²) in [6.45, 7) is 1.96. The summed E-state index contributed by atoms with van der Waals surface area (Å²) in [5.74, 6) is 0.625. The number of carbonyl (C=O) groups excluding carboxylic acids is 1. The molecule has 1 aromatic rings. The van der Waals surface area contributed by atoms with Crippen molar-refractivity contribution in [3.63, 3.8) is 0 Å². The summed E-state index contributed by atoms with van der Waals surface area (Å²) in [5.41, 5.74) is 5.27. The number of nitrogens with zero attached hydrogens (tertiary/aromatic N) is 1. The van der Waals surface area contributed by atoms with E-state index >= 15 is 0 Å². The predicted molar refractivity (Wildman–Crippen MR) is 50.9 cm³/mol. The van der Waals surface area contributed by atoms with Crippen LogP contribution in [0.15, 0.2) is 24.4 Å². The van der Waals surface area contributed by atoms with Crippen molar-refractivity contribution < 1.29 is 4.79 Å². The van der Waals surface area contributed by atoms with E-state index in [-0.39, 0.29) is 5.91 Å². The molecular formula is C9H13N3O. The van der Waals surface area contributed by atoms with Gasteiger partial charge in [-0.15, -0.1) is 0 Å². The van der Waals surface area contributed by atoms with E-state index in [1.54, 1.807) is 12.3 Å². The van der Waals surface area contributed by atoms with Gasteiger partial charge in [0.15, 0.2) is 0 Å². The van der Waals surface area contributed by atoms with Crippen LogP contribution in [0.5, 0.6) is 0 Å². The molecule has 1 aromatic heterocycles. The molecule has 0 atom stereocenters. The van der Waals surface area contributed by atoms with Crippen molar-refractivity contribution in [1.29, 1.82) is 0 Å². The second-order valence-electron chi connectivity index (χ2n) is 2.64. The minimum absolute atomic E-state index is 0.0202. The zero-order valence-corrected chi connectivity index (χ0v) is 7.58. The van der Waals surface area contributed by atoms with E-state index in [2.05, 4.69) is 15.8 Å². The monoisotopic (exact) mass is 179 g/mol. The van der Waals surface area contributed by atoms with Gasteiger partial charge < -0.3 is 0 Å². The minimum Gasteiger partial charge on any atom is -0.282 e. The summed E-state index contributed by atoms with van der Waals surface area (Å²) >= 11 is 0. The van der Waals surface area contributed by atoms with Gasteiger partial charge in [-0.1, -0.05) is 13.0 Å². The van der Waals surface area contributed by atoms with Crippen molar-refractivity contribution in [3.05, 3.63) is 24.4 Å². The first-order chi connectivity index (χ1) is 6.33. The van der Waals surface area contributed by atoms with Gasteiger partial charge in [-0.3, -0.25) is 15.6 Å². The molecule has 0 bridgehead atoms. The fraction of sp³-hybridized carbons (Fsp3) is 0.333. The van der Waals surface area contributed by atoms with E-state index in [1.807, 2.05) is 19.1 Å². The largest absolute Gasteiger partial charge is 0.282 e. The second kappa shape index (κ2) is 5.13. The van der Waals surface area contributed by atoms with Crippen LogP contribution in [0.25, 0.3) is 0 Å². The molecule has 0 aliphatic rings. The van der Waals surface area contributed by atoms with Crippen molar-refractivity contribution in [2.24, 2.45) is 0 Å². The highest BCUT2D eigenvalue weighted by Gasteiger charge is 1.97. The predicted octanol–water partition coefficient (Wildman–Crippen LogP) is 1.32. The Kier molecular flexibility index (Phi) is 3.75. The maximum atomic E-state index is 11.0. The van der Waals surface area contributed by atoms with E-state index in [9.17, 15) is 4.79 Å². The molecular weight excluding hydrogens is 166 g/mol. The Balaban J connectivity index is 2.31. The molecule has 1 rings (SSSR count). The second-order valence-corrected chi connectivity index (χ2v) is 2.64. The lowest BCUT2D eigenvalue weighted by atomic mass is 10.3. The van der Waals surface area contributed by atoms with Gasteiger partial charge in [-0.2, -0.15) is 0 Å². The Hall–Kier alpha value is -1.58. The van der Waals surface area contributed by atoms with E-state index in [1.165, 1.54) is 0 Å². The lowest BCUT2D eigenvalue weighted by Gasteiger charge is -2.05. The van der Waals surface area contributed by atoms with Crippen LogP contribution in [0.4, 0.5) is 5.82 Å². The van der Waals surface area contributed by atoms with Crippen LogP contribution in [-0.4, -0.2) is 10.9 Å². The maximum absolute atomic E-state index is 11.0. The Morgan fingerprint density at radius 3 is 3.00 bits per heavy atom. The lowest BCUT2D eigenvalue weighted by Crippen LogP contribution is -2.29. The normalized spacial score (nSPS) is 9.31. The molecule has 1 amide bonds. The van der Waals surface area contributed by atoms with Gasteiger partial charge in [0.25, 0.3) is 0 Å². The van der Waals surface area contributed by atoms with E-state index in [4.69, 9.17) is 0 Å². The molecule has 0 spiro atoms. The highest BCUT2D eigenvalue weighted by molar-refractivity contribution is 5.76. The third kappa shape index (κ3) is 3.55. The van der Waals surface area contributed by atoms with E-state index < -0.39 is 0 Å². The Morgan fingerprint density at radius 1 is 1.54 bits per heavy atom. The maximum Gasteiger partial charge on any atom is 0.238 e. The fourth-order valence-corrected chi connectivity index (χ4v) is 0.860. The smallest absolute Gasteiger partial charge is 0.238 e. The number of nitrogens with one attached hydrogen (secondary N) is 2. The van der Waals surface area contributed by atoms with Gasteiger partial charge in [-0.05, 0) is 18.6 Å². The summed E-state index contributed by atoms with van der Waals surface area (Å²) in [4.78, 5) is 15.0. The fourth-order valence-electron chi connectivity index (χ4n) is 0.860. The van der Waals surface area contributed by atoms with Gasteiger partial charge >= 0.3 is 0 Å². The molecule has 0 unspecified atom stereocenters. The van der Waals surface area contributed by atoms with Crippen LogP contribution in [0.2, 0.25) is 0 Å². The number of hydrogen-bond donors (Lipinski definition) is 2. The van der Waals surface area contributed by atoms with Crippen LogP contribution >= 0.6 is 0 Å². The van der Waals surface area contributed by atoms with Gasteiger partial charge in [0, 0.05) is 12.6 Å². The summed E-state index contributed by atoms with van der Waals surface area (Å²) in [6.07, 6.45) is 3.03. The molecule has 0 fully saturated rings. The molecule has 0 aliphatic carbocycles. The summed E-state index contributed by atoms with van der Waals surface area (Å²) < 4.78 is 0. The molecule has 0 aliphatic heterocycles. The topological polar surface area (TPSA) is 54.0 Å². The molecule has 0 saturated heterocycles. The third-order valence-electron chi connectivity index (χ3n) is 1.47. The van der Waals surface area contributed by atoms with Gasteiger partial charge in [0.2, 0.25) is 5.91 Å². The number of hydrazine groups is 1. The van der Waals surface area contributed by atoms with Crippen molar-refractivity contribution in [3.8, 4) is 0 Å². The van der Waals surface area contributed by atoms with Crippen LogP contribution in [0.3, 0.4) is 0 Å². The number of aromatic nitrogens is 1. The number of anilines is 1. The summed E-state index contributed by atoms with van der Waals surface area (Å²) in [6, 6.07) is 5.45. The first-order valence-electron chi connectivity index (χ1n) is 4.29. The standard InChI is InChI=1S/C9H13N3O/c1-2-5-9(13)12-11-8-6-3-4-7-10-8/h3-4,6-7H,2,5H2,1H3,(H,10,11)(H,12,13). The van der Waals surface area contributed by atoms with Gasteiger partial charge in [-0.25, -0.2) is 4.98 Å². The van der Waals surface area contributed by atoms with E-state index in [0.29, 0.717) is 12.2 Å². The van der Waals surface area contributed by atoms with Crippen molar-refractivity contribution in [2.75, 3.05) is 5.43 Å². The lowest BCUT2D eigenvalue weighted by molar-refractivity contribution is -0.120. The number of rotatable bonds is 4. The summed E-state index contributed by atoms with van der Waals surface area (Å²) in [7, 11) is 0. The number of pyridine rings is 1. The van der Waals surface area contributed by atoms with Crippen molar-refractivity contribution >= 4 is 11.7 Å². The molecule has 2 N–H and O–H groups in total. The average molecular weight is 179 g/mol. The van der Waals surface area contributed by atoms with Crippen LogP contribution < -0.4 is 10.9 Å². The molecule has 0 aromatic carbocycles. The molecule has 13 heavy (non-hydrogen) atoms. The Bertz CT molecular complexity index is 261. The van der Waals surface area contributed by atoms with Crippen molar-refractivity contribution in [2.45, 2.75) is 19.8 Å². The zero-order chi connectivity index (χ0) is 9.52. The first-order valence-corrected chi connectivity index (χ1v) is 4.29. The number of hydrogen-bond acceptors (Lipinski definition) is 3. The highest BCUT2D eigenvalue weighted by atomic mass is 16.2. The SMILES string of the molecule is CCCC(=O)NNc1ccccn1. The summed E-state index contributed by atoms with van der Waals surface area (Å²) in [5, 5.41) is 0.